The van der Waals surface area contributed by atoms with E-state index in [0.29, 0.717) is 17.4 Å². The normalized spacial score (nSPS) is 12.9. The van der Waals surface area contributed by atoms with E-state index in [-0.39, 0.29) is 32.2 Å². The summed E-state index contributed by atoms with van der Waals surface area (Å²) in [6.07, 6.45) is 27.2. The average molecular weight is 700 g/mol. The maximum absolute atomic E-state index is 12.7. The van der Waals surface area contributed by atoms with Crippen molar-refractivity contribution in [2.75, 3.05) is 47.5 Å². The van der Waals surface area contributed by atoms with E-state index >= 15 is 0 Å². The molecule has 0 amide bonds. The van der Waals surface area contributed by atoms with Gasteiger partial charge in [0.15, 0.2) is 12.4 Å². The van der Waals surface area contributed by atoms with Gasteiger partial charge in [-0.15, -0.1) is 0 Å². The van der Waals surface area contributed by atoms with Gasteiger partial charge in [0.25, 0.3) is 0 Å². The molecule has 0 heterocycles. The Morgan fingerprint density at radius 3 is 1.31 bits per heavy atom. The maximum atomic E-state index is 12.7. The number of carbonyl (C=O) groups is 3. The molecule has 0 aromatic carbocycles. The summed E-state index contributed by atoms with van der Waals surface area (Å²) in [5.74, 6) is -2.28. The number of unbranched alkanes of at least 4 members (excludes halogenated alkanes) is 22. The first kappa shape index (κ1) is 47.3. The Labute approximate surface area is 301 Å². The fourth-order valence-corrected chi connectivity index (χ4v) is 5.65. The summed E-state index contributed by atoms with van der Waals surface area (Å²) >= 11 is 0. The van der Waals surface area contributed by atoms with Gasteiger partial charge in [-0.25, -0.2) is 0 Å². The number of carboxylic acids is 1. The van der Waals surface area contributed by atoms with Crippen LogP contribution in [0.2, 0.25) is 0 Å². The number of quaternary nitrogens is 1. The molecule has 9 heteroatoms. The van der Waals surface area contributed by atoms with E-state index in [0.717, 1.165) is 38.5 Å². The molecule has 0 saturated heterocycles. The quantitative estimate of drug-likeness (QED) is 0.0275. The van der Waals surface area contributed by atoms with Crippen LogP contribution in [0.5, 0.6) is 0 Å². The summed E-state index contributed by atoms with van der Waals surface area (Å²) in [6.45, 7) is 4.70. The van der Waals surface area contributed by atoms with Crippen LogP contribution in [0, 0.1) is 0 Å². The smallest absolute Gasteiger partial charge is 0.306 e. The van der Waals surface area contributed by atoms with Gasteiger partial charge in [0.2, 0.25) is 0 Å². The number of hydrogen-bond donors (Lipinski definition) is 0. The van der Waals surface area contributed by atoms with Crippen LogP contribution in [0.4, 0.5) is 0 Å². The Morgan fingerprint density at radius 2 is 0.918 bits per heavy atom. The van der Waals surface area contributed by atoms with Crippen molar-refractivity contribution in [3.63, 3.8) is 0 Å². The molecule has 0 rings (SSSR count). The van der Waals surface area contributed by atoms with Crippen molar-refractivity contribution in [1.82, 2.24) is 0 Å². The first-order valence-electron chi connectivity index (χ1n) is 20.2. The fourth-order valence-electron chi connectivity index (χ4n) is 5.65. The first-order valence-corrected chi connectivity index (χ1v) is 20.2. The van der Waals surface area contributed by atoms with Gasteiger partial charge in [0.05, 0.1) is 40.3 Å². The van der Waals surface area contributed by atoms with E-state index in [4.69, 9.17) is 18.9 Å². The molecular formula is C40H77NO8. The van der Waals surface area contributed by atoms with E-state index < -0.39 is 24.3 Å². The molecule has 290 valence electrons. The van der Waals surface area contributed by atoms with Gasteiger partial charge < -0.3 is 33.3 Å². The zero-order chi connectivity index (χ0) is 36.4. The largest absolute Gasteiger partial charge is 0.545 e. The molecule has 49 heavy (non-hydrogen) atoms. The summed E-state index contributed by atoms with van der Waals surface area (Å²) in [7, 11) is 5.90. The minimum Gasteiger partial charge on any atom is -0.545 e. The highest BCUT2D eigenvalue weighted by molar-refractivity contribution is 5.70. The summed E-state index contributed by atoms with van der Waals surface area (Å²) in [4.78, 5) is 36.6. The molecule has 0 bridgehead atoms. The number of hydrogen-bond acceptors (Lipinski definition) is 8. The lowest BCUT2D eigenvalue weighted by Crippen LogP contribution is -2.44. The Hall–Kier alpha value is -1.71. The highest BCUT2D eigenvalue weighted by Gasteiger charge is 2.21. The van der Waals surface area contributed by atoms with E-state index in [1.165, 1.54) is 116 Å². The molecule has 0 N–H and O–H groups in total. The van der Waals surface area contributed by atoms with Crippen LogP contribution in [0.15, 0.2) is 0 Å². The van der Waals surface area contributed by atoms with Crippen molar-refractivity contribution in [3.8, 4) is 0 Å². The molecule has 2 unspecified atom stereocenters. The first-order chi connectivity index (χ1) is 23.6. The van der Waals surface area contributed by atoms with E-state index in [9.17, 15) is 19.5 Å². The zero-order valence-electron chi connectivity index (χ0n) is 32.6. The molecule has 0 aliphatic heterocycles. The number of rotatable bonds is 37. The van der Waals surface area contributed by atoms with Gasteiger partial charge in [-0.3, -0.25) is 9.59 Å². The second-order valence-corrected chi connectivity index (χ2v) is 14.9. The minimum absolute atomic E-state index is 0.152. The fraction of sp³-hybridized carbons (Fsp3) is 0.925. The number of carbonyl (C=O) groups excluding carboxylic acids is 3. The van der Waals surface area contributed by atoms with Crippen LogP contribution in [-0.4, -0.2) is 82.3 Å². The Balaban J connectivity index is 4.37. The summed E-state index contributed by atoms with van der Waals surface area (Å²) in [6, 6.07) is 0. The third-order valence-electron chi connectivity index (χ3n) is 8.85. The lowest BCUT2D eigenvalue weighted by molar-refractivity contribution is -0.870. The second-order valence-electron chi connectivity index (χ2n) is 14.9. The standard InChI is InChI=1S/C40H77NO8/c1-6-8-10-12-14-15-16-17-18-19-20-21-22-23-25-27-29-31-38(43)49-36(34-47-37(42)30-28-26-24-13-11-9-7-2)35-48-40(39(44)45)46-33-32-41(3,4)5/h36,40H,6-35H2,1-5H3. The van der Waals surface area contributed by atoms with Gasteiger partial charge in [-0.1, -0.05) is 155 Å². The Morgan fingerprint density at radius 1 is 0.531 bits per heavy atom. The number of aliphatic carboxylic acids is 1. The molecule has 0 fully saturated rings. The number of ether oxygens (including phenoxy) is 4. The predicted octanol–water partition coefficient (Wildman–Crippen LogP) is 8.44. The average Bonchev–Trinajstić information content (AvgIpc) is 3.05. The van der Waals surface area contributed by atoms with Crippen molar-refractivity contribution in [1.29, 1.82) is 0 Å². The third-order valence-corrected chi connectivity index (χ3v) is 8.85. The van der Waals surface area contributed by atoms with Crippen LogP contribution in [-0.2, 0) is 33.3 Å². The summed E-state index contributed by atoms with van der Waals surface area (Å²) in [5, 5.41) is 11.6. The van der Waals surface area contributed by atoms with E-state index in [2.05, 4.69) is 13.8 Å². The van der Waals surface area contributed by atoms with Crippen molar-refractivity contribution < 1.29 is 42.9 Å². The molecule has 0 saturated carbocycles. The van der Waals surface area contributed by atoms with Crippen LogP contribution < -0.4 is 5.11 Å². The third kappa shape index (κ3) is 34.5. The van der Waals surface area contributed by atoms with Gasteiger partial charge >= 0.3 is 11.9 Å². The summed E-state index contributed by atoms with van der Waals surface area (Å²) < 4.78 is 22.4. The molecule has 0 radical (unpaired) electrons. The van der Waals surface area contributed by atoms with Crippen LogP contribution in [0.25, 0.3) is 0 Å². The maximum Gasteiger partial charge on any atom is 0.306 e. The SMILES string of the molecule is CCCCCCCCCCCCCCCCCCCC(=O)OC(COC(=O)CCCCCCCCC)COC(OCC[N+](C)(C)C)C(=O)[O-]. The van der Waals surface area contributed by atoms with Gasteiger partial charge in [-0.2, -0.15) is 0 Å². The van der Waals surface area contributed by atoms with Crippen molar-refractivity contribution in [2.45, 2.75) is 193 Å². The van der Waals surface area contributed by atoms with Crippen molar-refractivity contribution in [2.24, 2.45) is 0 Å². The summed E-state index contributed by atoms with van der Waals surface area (Å²) in [5.41, 5.74) is 0. The van der Waals surface area contributed by atoms with Crippen molar-refractivity contribution in [3.05, 3.63) is 0 Å². The molecule has 9 nitrogen and oxygen atoms in total. The molecule has 2 atom stereocenters. The monoisotopic (exact) mass is 700 g/mol. The van der Waals surface area contributed by atoms with Gasteiger partial charge in [0, 0.05) is 12.8 Å². The second kappa shape index (κ2) is 33.4. The molecule has 0 spiro atoms. The highest BCUT2D eigenvalue weighted by atomic mass is 16.7. The van der Waals surface area contributed by atoms with Gasteiger partial charge in [-0.05, 0) is 12.8 Å². The number of carboxylic acid groups (broad SMARTS) is 1. The van der Waals surface area contributed by atoms with Crippen molar-refractivity contribution >= 4 is 17.9 Å². The van der Waals surface area contributed by atoms with Crippen LogP contribution >= 0.6 is 0 Å². The number of esters is 2. The molecule has 0 aliphatic rings. The topological polar surface area (TPSA) is 111 Å². The Bertz CT molecular complexity index is 785. The lowest BCUT2D eigenvalue weighted by Gasteiger charge is -2.26. The molecular weight excluding hydrogens is 622 g/mol. The molecule has 0 aliphatic carbocycles. The predicted molar refractivity (Wildman–Crippen MR) is 196 cm³/mol. The van der Waals surface area contributed by atoms with E-state index in [1.807, 2.05) is 21.1 Å². The Kier molecular flexibility index (Phi) is 32.3. The lowest BCUT2D eigenvalue weighted by atomic mass is 10.0. The zero-order valence-corrected chi connectivity index (χ0v) is 32.6. The molecule has 0 aromatic rings. The number of nitrogens with zero attached hydrogens (tertiary/aromatic N) is 1. The molecule has 0 aromatic heterocycles. The minimum atomic E-state index is -1.61. The number of likely N-dealkylation sites (N-methyl/N-ethyl adjacent to an activating group) is 1. The van der Waals surface area contributed by atoms with Crippen LogP contribution in [0.3, 0.4) is 0 Å². The van der Waals surface area contributed by atoms with Gasteiger partial charge in [0.1, 0.15) is 13.2 Å². The van der Waals surface area contributed by atoms with E-state index in [1.54, 1.807) is 0 Å². The highest BCUT2D eigenvalue weighted by Crippen LogP contribution is 2.15. The van der Waals surface area contributed by atoms with Crippen LogP contribution in [0.1, 0.15) is 181 Å².